The summed E-state index contributed by atoms with van der Waals surface area (Å²) in [5, 5.41) is 16.9. The van der Waals surface area contributed by atoms with E-state index < -0.39 is 39.1 Å². The van der Waals surface area contributed by atoms with Gasteiger partial charge in [-0.05, 0) is 80.6 Å². The molecule has 11 rings (SSSR count). The maximum atomic E-state index is 16.2. The minimum atomic E-state index is -3.68. The third kappa shape index (κ3) is 40.3. The summed E-state index contributed by atoms with van der Waals surface area (Å²) in [6.07, 6.45) is 56.1. The fraction of sp³-hybridized carbons (Fsp3) is 0.508. The summed E-state index contributed by atoms with van der Waals surface area (Å²) in [7, 11) is -11.0. The van der Waals surface area contributed by atoms with Gasteiger partial charge in [0.1, 0.15) is 23.0 Å². The van der Waals surface area contributed by atoms with Crippen LogP contribution in [0.4, 0.5) is 22.7 Å². The molecule has 0 unspecified atom stereocenters. The van der Waals surface area contributed by atoms with Crippen molar-refractivity contribution in [2.75, 3.05) is 66.2 Å². The van der Waals surface area contributed by atoms with Gasteiger partial charge in [-0.15, -0.1) is 0 Å². The van der Waals surface area contributed by atoms with E-state index in [0.717, 1.165) is 114 Å². The molecule has 4 amide bonds. The first-order chi connectivity index (χ1) is 72.5. The number of fused-ring (bicyclic) bond motifs is 8. The summed E-state index contributed by atoms with van der Waals surface area (Å²) in [5.74, 6) is 0.867. The molecule has 0 radical (unpaired) electrons. The van der Waals surface area contributed by atoms with Gasteiger partial charge >= 0.3 is 0 Å². The van der Waals surface area contributed by atoms with Gasteiger partial charge in [0.15, 0.2) is 21.4 Å². The van der Waals surface area contributed by atoms with Crippen LogP contribution >= 0.6 is 21.4 Å². The van der Waals surface area contributed by atoms with Crippen molar-refractivity contribution in [3.63, 3.8) is 0 Å². The zero-order valence-electron chi connectivity index (χ0n) is 90.9. The van der Waals surface area contributed by atoms with Crippen molar-refractivity contribution >= 4 is 99.6 Å². The first kappa shape index (κ1) is 118. The van der Waals surface area contributed by atoms with Crippen molar-refractivity contribution in [1.82, 2.24) is 0 Å². The number of anilines is 4. The molecule has 148 heavy (non-hydrogen) atoms. The number of benzene rings is 10. The Morgan fingerprint density at radius 2 is 0.351 bits per heavy atom. The average molecular weight is 2070 g/mol. The van der Waals surface area contributed by atoms with Crippen molar-refractivity contribution in [1.29, 1.82) is 0 Å². The van der Waals surface area contributed by atoms with Crippen LogP contribution in [-0.4, -0.2) is 68.5 Å². The molecule has 0 fully saturated rings. The van der Waals surface area contributed by atoms with Crippen LogP contribution < -0.4 is 72.0 Å². The van der Waals surface area contributed by atoms with E-state index in [2.05, 4.69) is 49.0 Å². The van der Waals surface area contributed by atoms with Crippen LogP contribution in [0.3, 0.4) is 0 Å². The number of amides is 4. The van der Waals surface area contributed by atoms with Gasteiger partial charge in [0, 0.05) is 131 Å². The normalized spacial score (nSPS) is 12.1. The number of hydrogen-bond acceptors (Lipinski definition) is 11. The van der Waals surface area contributed by atoms with Gasteiger partial charge in [0.05, 0.1) is 44.9 Å². The number of rotatable bonds is 74. The van der Waals surface area contributed by atoms with E-state index in [1.165, 1.54) is 205 Å². The van der Waals surface area contributed by atoms with Crippen LogP contribution in [0, 0.1) is 0 Å². The quantitative estimate of drug-likeness (QED) is 0.0208. The van der Waals surface area contributed by atoms with Crippen LogP contribution in [0.15, 0.2) is 231 Å². The zero-order valence-corrected chi connectivity index (χ0v) is 93.6. The average Bonchev–Trinajstić information content (AvgIpc) is 0.770. The lowest BCUT2D eigenvalue weighted by Crippen LogP contribution is -2.26. The van der Waals surface area contributed by atoms with Gasteiger partial charge in [-0.3, -0.25) is 19.2 Å². The molecule has 0 atom stereocenters. The zero-order chi connectivity index (χ0) is 104. The van der Waals surface area contributed by atoms with Crippen molar-refractivity contribution in [2.24, 2.45) is 0 Å². The fourth-order valence-electron chi connectivity index (χ4n) is 21.1. The largest absolute Gasteiger partial charge is 0.493 e. The van der Waals surface area contributed by atoms with Crippen LogP contribution in [0.25, 0.3) is 0 Å². The van der Waals surface area contributed by atoms with Crippen molar-refractivity contribution in [2.45, 2.75) is 381 Å². The lowest BCUT2D eigenvalue weighted by Gasteiger charge is -2.25. The summed E-state index contributed by atoms with van der Waals surface area (Å²) in [5.41, 5.74) is 7.57. The van der Waals surface area contributed by atoms with Crippen molar-refractivity contribution in [3.8, 4) is 23.0 Å². The van der Waals surface area contributed by atoms with Gasteiger partial charge < -0.3 is 53.9 Å². The van der Waals surface area contributed by atoms with Crippen LogP contribution in [0.2, 0.25) is 0 Å². The Balaban J connectivity index is 1.14. The van der Waals surface area contributed by atoms with Gasteiger partial charge in [0.2, 0.25) is 23.6 Å². The summed E-state index contributed by atoms with van der Waals surface area (Å²) in [4.78, 5) is 62.1. The molecule has 10 aromatic carbocycles. The van der Waals surface area contributed by atoms with E-state index in [-0.39, 0.29) is 56.5 Å². The second kappa shape index (κ2) is 68.0. The third-order valence-electron chi connectivity index (χ3n) is 29.2. The predicted molar refractivity (Wildman–Crippen MR) is 627 cm³/mol. The highest BCUT2D eigenvalue weighted by Gasteiger charge is 2.36. The molecule has 4 N–H and O–H groups in total. The molecule has 800 valence electrons. The monoisotopic (exact) mass is 2070 g/mol. The molecule has 0 aliphatic heterocycles. The second-order valence-corrected chi connectivity index (χ2v) is 50.3. The summed E-state index contributed by atoms with van der Waals surface area (Å²) >= 11 is 0. The van der Waals surface area contributed by atoms with Gasteiger partial charge in [0.25, 0.3) is 0 Å². The molecule has 0 heterocycles. The van der Waals surface area contributed by atoms with E-state index in [0.29, 0.717) is 144 Å². The van der Waals surface area contributed by atoms with Gasteiger partial charge in [-0.25, -0.2) is 0 Å². The number of ether oxygens (including phenoxy) is 4. The molecule has 1 aliphatic carbocycles. The van der Waals surface area contributed by atoms with E-state index in [1.54, 1.807) is 0 Å². The summed E-state index contributed by atoms with van der Waals surface area (Å²) < 4.78 is 79.1. The molecule has 8 bridgehead atoms. The van der Waals surface area contributed by atoms with Crippen LogP contribution in [0.5, 0.6) is 23.0 Å². The highest BCUT2D eigenvalue weighted by molar-refractivity contribution is 7.80. The highest BCUT2D eigenvalue weighted by Crippen LogP contribution is 2.49. The molecule has 0 saturated carbocycles. The smallest absolute Gasteiger partial charge is 0.232 e. The first-order valence-corrected chi connectivity index (χ1v) is 63.7. The number of carbonyl (C=O) groups is 4. The number of carbonyl (C=O) groups excluding carboxylic acids is 4. The van der Waals surface area contributed by atoms with Crippen molar-refractivity contribution < 1.29 is 51.8 Å². The second-order valence-electron chi connectivity index (χ2n) is 41.8. The number of hydrogen-bond donors (Lipinski definition) is 4. The van der Waals surface area contributed by atoms with Crippen molar-refractivity contribution in [3.05, 3.63) is 275 Å². The van der Waals surface area contributed by atoms with Gasteiger partial charge in [-0.2, -0.15) is 0 Å². The van der Waals surface area contributed by atoms with E-state index >= 15 is 28.1 Å². The topological polar surface area (TPSA) is 205 Å². The Labute approximate surface area is 891 Å². The maximum absolute atomic E-state index is 16.2. The third-order valence-corrected chi connectivity index (χ3v) is 38.2. The van der Waals surface area contributed by atoms with E-state index in [9.17, 15) is 4.79 Å². The summed E-state index contributed by atoms with van der Waals surface area (Å²) in [6, 6.07) is 72.0. The molecular formula is C130H179N4O11P3. The lowest BCUT2D eigenvalue weighted by atomic mass is 9.90. The molecule has 15 nitrogen and oxygen atoms in total. The Hall–Kier alpha value is -10.0. The minimum Gasteiger partial charge on any atom is -0.493 e. The molecule has 0 aromatic heterocycles. The highest BCUT2D eigenvalue weighted by atomic mass is 31.2. The fourth-order valence-corrected chi connectivity index (χ4v) is 28.4. The molecular weight excluding hydrogens is 1890 g/mol. The first-order valence-electron chi connectivity index (χ1n) is 58.0. The Kier molecular flexibility index (Phi) is 54.3. The number of unbranched alkanes of at least 4 members (excludes halogenated alkanes) is 44. The standard InChI is InChI=1S/C130H179N4O11P3/c1-6-11-15-19-23-27-31-35-39-43-47-69-86-142-127-105-90-107-96-114(132-124(136)102-146(139,117-74-57-51-58-75-117)118-76-59-52-60-77-118)98-109(128(107)143-87-70-48-44-40-36-32-28-24-20-16-12-7-2)92-111-100-116(134-126(138)104-148(141,121-82-65-55-66-83-121)122-84-67-56-68-85-122)101-112(130(111)145-89-72-50-46-42-38-34-30-26-22-18-14-9-4)93-110-99-115(133-125(137)103-147(140,119-78-61-53-62-79-119)120-80-63-54-64-81-120)97-108(91-106(127)95-113(94-105)131-123(135)73-10-5)129(110)144-88-71-49-45-41-37-33-29-25-21-17-13-8-3/h51-68,74-85,94-101H,6-50,69-73,86-93,102-104H2,1-5H3,(H,131,135)(H,132,136)(H,133,137)(H,134,138). The molecule has 0 spiro atoms. The maximum Gasteiger partial charge on any atom is 0.232 e. The Morgan fingerprint density at radius 1 is 0.203 bits per heavy atom. The lowest BCUT2D eigenvalue weighted by molar-refractivity contribution is -0.116. The number of nitrogens with one attached hydrogen (secondary N) is 4. The molecule has 10 aromatic rings. The SMILES string of the molecule is CCCCCCCCCCCCCCOc1c2cc(NC(=O)CCC)cc1Cc1cc(NC(=O)CP(=O)(c3ccccc3)c3ccccc3)cc(c1OCCCCCCCCCCCCCC)Cc1cc(NC(=O)CP(=O)(c3ccccc3)c3ccccc3)cc(c1OCCCCCCCCCCCCCC)Cc1cc(NC(=O)CP(=O)(c3ccccc3)c3ccccc3)cc(c1OCCCCCCCCCCCCCC)C2. The predicted octanol–water partition coefficient (Wildman–Crippen LogP) is 33.3. The van der Waals surface area contributed by atoms with E-state index in [1.807, 2.05) is 237 Å². The van der Waals surface area contributed by atoms with Gasteiger partial charge in [-0.1, -0.05) is 499 Å². The van der Waals surface area contributed by atoms with Crippen LogP contribution in [0.1, 0.15) is 400 Å². The Bertz CT molecular complexity index is 5290. The molecule has 18 heteroatoms. The molecule has 1 aliphatic rings. The molecule has 0 saturated heterocycles. The Morgan fingerprint density at radius 3 is 0.507 bits per heavy atom. The van der Waals surface area contributed by atoms with Crippen LogP contribution in [-0.2, 0) is 58.6 Å². The summed E-state index contributed by atoms with van der Waals surface area (Å²) in [6.45, 7) is 12.5. The minimum absolute atomic E-state index is 0.112. The van der Waals surface area contributed by atoms with E-state index in [4.69, 9.17) is 18.9 Å².